The molecule has 0 aliphatic carbocycles. The van der Waals surface area contributed by atoms with E-state index in [1.165, 1.54) is 19.1 Å². The maximum Gasteiger partial charge on any atom is 0.418 e. The maximum atomic E-state index is 13.3. The minimum absolute atomic E-state index is 0.0268. The highest BCUT2D eigenvalue weighted by Gasteiger charge is 2.42. The molecular formula is C19H19F3N2O6S2. The predicted molar refractivity (Wildman–Crippen MR) is 110 cm³/mol. The smallest absolute Gasteiger partial charge is 0.418 e. The molecule has 0 saturated carbocycles. The first-order valence-electron chi connectivity index (χ1n) is 9.30. The van der Waals surface area contributed by atoms with Crippen molar-refractivity contribution in [2.24, 2.45) is 5.92 Å². The van der Waals surface area contributed by atoms with Crippen LogP contribution in [0.25, 0.3) is 0 Å². The first-order valence-corrected chi connectivity index (χ1v) is 12.4. The Labute approximate surface area is 183 Å². The van der Waals surface area contributed by atoms with Gasteiger partial charge in [0.05, 0.1) is 35.2 Å². The Balaban J connectivity index is 2.12. The number of carbonyl (C=O) groups excluding carboxylic acids is 1. The van der Waals surface area contributed by atoms with Crippen LogP contribution < -0.4 is 13.8 Å². The van der Waals surface area contributed by atoms with Crippen molar-refractivity contribution in [2.45, 2.75) is 24.9 Å². The second-order valence-electron chi connectivity index (χ2n) is 7.00. The highest BCUT2D eigenvalue weighted by molar-refractivity contribution is 7.94. The Morgan fingerprint density at radius 2 is 1.84 bits per heavy atom. The molecule has 32 heavy (non-hydrogen) atoms. The van der Waals surface area contributed by atoms with Crippen LogP contribution in [0.4, 0.5) is 24.5 Å². The molecule has 1 saturated heterocycles. The van der Waals surface area contributed by atoms with Gasteiger partial charge in [-0.2, -0.15) is 13.2 Å². The van der Waals surface area contributed by atoms with Gasteiger partial charge in [0, 0.05) is 0 Å². The molecule has 174 valence electrons. The summed E-state index contributed by atoms with van der Waals surface area (Å²) in [5, 5.41) is 0. The van der Waals surface area contributed by atoms with E-state index < -0.39 is 59.9 Å². The van der Waals surface area contributed by atoms with Gasteiger partial charge in [-0.25, -0.2) is 21.1 Å². The van der Waals surface area contributed by atoms with Crippen molar-refractivity contribution in [3.8, 4) is 5.75 Å². The average molecular weight is 492 g/mol. The summed E-state index contributed by atoms with van der Waals surface area (Å²) in [4.78, 5) is 11.8. The van der Waals surface area contributed by atoms with Crippen molar-refractivity contribution >= 4 is 37.3 Å². The summed E-state index contributed by atoms with van der Waals surface area (Å²) < 4.78 is 98.4. The molecule has 2 aromatic carbocycles. The van der Waals surface area contributed by atoms with Crippen LogP contribution in [0.1, 0.15) is 19.4 Å². The molecule has 2 aromatic rings. The van der Waals surface area contributed by atoms with Crippen LogP contribution in [-0.2, 0) is 31.0 Å². The van der Waals surface area contributed by atoms with Crippen molar-refractivity contribution in [2.75, 3.05) is 21.4 Å². The lowest BCUT2D eigenvalue weighted by molar-refractivity contribution is -0.136. The Morgan fingerprint density at radius 3 is 2.41 bits per heavy atom. The highest BCUT2D eigenvalue weighted by Crippen LogP contribution is 2.38. The number of halogens is 3. The molecule has 13 heteroatoms. The first kappa shape index (κ1) is 23.9. The third kappa shape index (κ3) is 4.53. The van der Waals surface area contributed by atoms with Gasteiger partial charge < -0.3 is 4.74 Å². The van der Waals surface area contributed by atoms with Gasteiger partial charge in [0.25, 0.3) is 10.0 Å². The average Bonchev–Trinajstić information content (AvgIpc) is 2.88. The number of hydrogen-bond donors (Lipinski definition) is 1. The summed E-state index contributed by atoms with van der Waals surface area (Å²) >= 11 is 0. The number of rotatable bonds is 6. The molecule has 8 nitrogen and oxygen atoms in total. The molecule has 1 N–H and O–H groups in total. The molecule has 3 rings (SSSR count). The molecule has 1 aliphatic heterocycles. The molecule has 1 aliphatic rings. The van der Waals surface area contributed by atoms with E-state index in [1.54, 1.807) is 6.92 Å². The van der Waals surface area contributed by atoms with Gasteiger partial charge in [-0.05, 0) is 37.3 Å². The Morgan fingerprint density at radius 1 is 1.19 bits per heavy atom. The summed E-state index contributed by atoms with van der Waals surface area (Å²) in [6.45, 7) is 3.01. The minimum atomic E-state index is -4.82. The van der Waals surface area contributed by atoms with E-state index in [9.17, 15) is 34.8 Å². The van der Waals surface area contributed by atoms with Gasteiger partial charge in [0.15, 0.2) is 0 Å². The minimum Gasteiger partial charge on any atom is -0.492 e. The van der Waals surface area contributed by atoms with Crippen LogP contribution in [0.2, 0.25) is 0 Å². The van der Waals surface area contributed by atoms with Gasteiger partial charge in [-0.1, -0.05) is 19.1 Å². The van der Waals surface area contributed by atoms with Gasteiger partial charge in [0.2, 0.25) is 15.9 Å². The van der Waals surface area contributed by atoms with E-state index in [2.05, 4.69) is 0 Å². The zero-order chi connectivity index (χ0) is 23.9. The monoisotopic (exact) mass is 492 g/mol. The summed E-state index contributed by atoms with van der Waals surface area (Å²) in [6, 6.07) is 7.23. The number of para-hydroxylation sites is 1. The van der Waals surface area contributed by atoms with Crippen molar-refractivity contribution in [3.63, 3.8) is 0 Å². The third-order valence-electron chi connectivity index (χ3n) is 4.59. The van der Waals surface area contributed by atoms with Crippen molar-refractivity contribution < 1.29 is 39.5 Å². The Kier molecular flexibility index (Phi) is 6.17. The SMILES string of the molecule is CCOc1ccc(N2C(=O)C(C)CS2(=O)=O)cc1S(=O)(=O)Nc1ccccc1C(F)(F)F. The second kappa shape index (κ2) is 8.28. The van der Waals surface area contributed by atoms with Gasteiger partial charge in [-0.15, -0.1) is 0 Å². The third-order valence-corrected chi connectivity index (χ3v) is 7.84. The summed E-state index contributed by atoms with van der Waals surface area (Å²) in [5.41, 5.74) is -2.18. The number of ether oxygens (including phenoxy) is 1. The van der Waals surface area contributed by atoms with Gasteiger partial charge in [0.1, 0.15) is 10.6 Å². The molecule has 1 unspecified atom stereocenters. The fraction of sp³-hybridized carbons (Fsp3) is 0.316. The molecule has 0 spiro atoms. The fourth-order valence-corrected chi connectivity index (χ4v) is 6.27. The number of sulfonamides is 2. The normalized spacial score (nSPS) is 18.6. The number of alkyl halides is 3. The quantitative estimate of drug-likeness (QED) is 0.663. The van der Waals surface area contributed by atoms with Crippen LogP contribution in [-0.4, -0.2) is 35.1 Å². The fourth-order valence-electron chi connectivity index (χ4n) is 3.21. The second-order valence-corrected chi connectivity index (χ2v) is 10.5. The lowest BCUT2D eigenvalue weighted by Crippen LogP contribution is -2.30. The first-order chi connectivity index (χ1) is 14.8. The number of anilines is 2. The molecule has 0 radical (unpaired) electrons. The zero-order valence-corrected chi connectivity index (χ0v) is 18.5. The number of hydrogen-bond acceptors (Lipinski definition) is 6. The molecule has 1 atom stereocenters. The Hall–Kier alpha value is -2.80. The van der Waals surface area contributed by atoms with Gasteiger partial charge in [-0.3, -0.25) is 9.52 Å². The van der Waals surface area contributed by atoms with E-state index in [1.807, 2.05) is 4.72 Å². The van der Waals surface area contributed by atoms with E-state index >= 15 is 0 Å². The standard InChI is InChI=1S/C19H19F3N2O6S2/c1-3-30-16-9-8-13(24-18(25)12(2)11-31(24,26)27)10-17(16)32(28,29)23-15-7-5-4-6-14(15)19(20,21)22/h4-10,12,23H,3,11H2,1-2H3. The number of nitrogens with one attached hydrogen (secondary N) is 1. The topological polar surface area (TPSA) is 110 Å². The van der Waals surface area contributed by atoms with Crippen molar-refractivity contribution in [3.05, 3.63) is 48.0 Å². The highest BCUT2D eigenvalue weighted by atomic mass is 32.2. The molecule has 1 heterocycles. The molecule has 0 aromatic heterocycles. The van der Waals surface area contributed by atoms with E-state index in [-0.39, 0.29) is 18.0 Å². The van der Waals surface area contributed by atoms with E-state index in [0.29, 0.717) is 10.4 Å². The van der Waals surface area contributed by atoms with Gasteiger partial charge >= 0.3 is 6.18 Å². The summed E-state index contributed by atoms with van der Waals surface area (Å²) in [6.07, 6.45) is -4.82. The number of benzene rings is 2. The molecule has 1 fully saturated rings. The number of nitrogens with zero attached hydrogens (tertiary/aromatic N) is 1. The van der Waals surface area contributed by atoms with Crippen LogP contribution in [0.3, 0.4) is 0 Å². The van der Waals surface area contributed by atoms with Crippen LogP contribution in [0, 0.1) is 5.92 Å². The summed E-state index contributed by atoms with van der Waals surface area (Å²) in [5.74, 6) is -2.24. The number of carbonyl (C=O) groups is 1. The molecule has 1 amide bonds. The lowest BCUT2D eigenvalue weighted by Gasteiger charge is -2.19. The zero-order valence-electron chi connectivity index (χ0n) is 16.9. The van der Waals surface area contributed by atoms with Crippen molar-refractivity contribution in [1.82, 2.24) is 0 Å². The summed E-state index contributed by atoms with van der Waals surface area (Å²) in [7, 11) is -8.71. The van der Waals surface area contributed by atoms with Crippen LogP contribution >= 0.6 is 0 Å². The van der Waals surface area contributed by atoms with Crippen LogP contribution in [0.15, 0.2) is 47.4 Å². The molecular weight excluding hydrogens is 473 g/mol. The maximum absolute atomic E-state index is 13.3. The largest absolute Gasteiger partial charge is 0.492 e. The van der Waals surface area contributed by atoms with Crippen molar-refractivity contribution in [1.29, 1.82) is 0 Å². The Bertz CT molecular complexity index is 1260. The van der Waals surface area contributed by atoms with E-state index in [0.717, 1.165) is 24.3 Å². The lowest BCUT2D eigenvalue weighted by atomic mass is 10.2. The van der Waals surface area contributed by atoms with Crippen LogP contribution in [0.5, 0.6) is 5.75 Å². The van der Waals surface area contributed by atoms with E-state index in [4.69, 9.17) is 4.74 Å². The number of amides is 1. The predicted octanol–water partition coefficient (Wildman–Crippen LogP) is 3.22. The molecule has 0 bridgehead atoms.